The molecule has 0 unspecified atom stereocenters. The highest BCUT2D eigenvalue weighted by atomic mass is 32.2. The van der Waals surface area contributed by atoms with Gasteiger partial charge in [0.25, 0.3) is 0 Å². The first kappa shape index (κ1) is 22.2. The van der Waals surface area contributed by atoms with E-state index in [-0.39, 0.29) is 11.0 Å². The predicted molar refractivity (Wildman–Crippen MR) is 110 cm³/mol. The highest BCUT2D eigenvalue weighted by Gasteiger charge is 2.26. The van der Waals surface area contributed by atoms with E-state index in [0.29, 0.717) is 24.2 Å². The number of carbonyl (C=O) groups is 1. The second kappa shape index (κ2) is 9.78. The van der Waals surface area contributed by atoms with Crippen molar-refractivity contribution in [3.05, 3.63) is 28.8 Å². The molecule has 3 heteroatoms. The molecular formula is C22H36O2S. The van der Waals surface area contributed by atoms with Crippen molar-refractivity contribution in [2.45, 2.75) is 97.0 Å². The molecule has 0 heterocycles. The summed E-state index contributed by atoms with van der Waals surface area (Å²) in [6.07, 6.45) is 1.01. The van der Waals surface area contributed by atoms with Crippen molar-refractivity contribution >= 4 is 16.9 Å². The van der Waals surface area contributed by atoms with Crippen molar-refractivity contribution in [3.63, 3.8) is 0 Å². The number of rotatable bonds is 8. The van der Waals surface area contributed by atoms with Crippen LogP contribution in [0.3, 0.4) is 0 Å². The van der Waals surface area contributed by atoms with Gasteiger partial charge in [0.05, 0.1) is 12.0 Å². The highest BCUT2D eigenvalue weighted by Crippen LogP contribution is 2.39. The van der Waals surface area contributed by atoms with E-state index in [1.54, 1.807) is 0 Å². The zero-order valence-electron chi connectivity index (χ0n) is 17.2. The second-order valence-corrected chi connectivity index (χ2v) is 9.07. The zero-order valence-corrected chi connectivity index (χ0v) is 18.0. The standard InChI is InChI=1S/C22H36O2S/c1-9-10-20(23)16(8)22(24)25-21-18(14(4)5)11-17(13(2)3)12-19(21)15(6)7/h11-16,20,23H,9-10H2,1-8H3/t16-,20+/m1/s1. The van der Waals surface area contributed by atoms with Crippen LogP contribution in [-0.2, 0) is 4.79 Å². The van der Waals surface area contributed by atoms with E-state index < -0.39 is 6.10 Å². The lowest BCUT2D eigenvalue weighted by atomic mass is 9.89. The monoisotopic (exact) mass is 364 g/mol. The first-order valence-electron chi connectivity index (χ1n) is 9.67. The van der Waals surface area contributed by atoms with Crippen molar-refractivity contribution in [1.29, 1.82) is 0 Å². The van der Waals surface area contributed by atoms with E-state index in [1.165, 1.54) is 28.5 Å². The van der Waals surface area contributed by atoms with Crippen LogP contribution in [0.4, 0.5) is 0 Å². The van der Waals surface area contributed by atoms with Gasteiger partial charge in [-0.05, 0) is 40.9 Å². The average Bonchev–Trinajstić information content (AvgIpc) is 2.53. The van der Waals surface area contributed by atoms with Crippen LogP contribution in [0.5, 0.6) is 0 Å². The molecule has 0 aliphatic heterocycles. The van der Waals surface area contributed by atoms with E-state index >= 15 is 0 Å². The zero-order chi connectivity index (χ0) is 19.3. The Morgan fingerprint density at radius 3 is 1.80 bits per heavy atom. The number of hydrogen-bond acceptors (Lipinski definition) is 3. The molecule has 0 saturated carbocycles. The van der Waals surface area contributed by atoms with Gasteiger partial charge in [-0.15, -0.1) is 0 Å². The summed E-state index contributed by atoms with van der Waals surface area (Å²) in [5.41, 5.74) is 3.85. The van der Waals surface area contributed by atoms with Crippen molar-refractivity contribution in [1.82, 2.24) is 0 Å². The van der Waals surface area contributed by atoms with E-state index in [0.717, 1.165) is 11.3 Å². The van der Waals surface area contributed by atoms with E-state index in [9.17, 15) is 9.90 Å². The number of carbonyl (C=O) groups excluding carboxylic acids is 1. The quantitative estimate of drug-likeness (QED) is 0.537. The number of aliphatic hydroxyl groups is 1. The topological polar surface area (TPSA) is 37.3 Å². The van der Waals surface area contributed by atoms with Crippen molar-refractivity contribution in [3.8, 4) is 0 Å². The summed E-state index contributed by atoms with van der Waals surface area (Å²) < 4.78 is 0. The molecule has 142 valence electrons. The normalized spacial score (nSPS) is 14.4. The minimum atomic E-state index is -0.551. The van der Waals surface area contributed by atoms with Crippen LogP contribution in [0.2, 0.25) is 0 Å². The van der Waals surface area contributed by atoms with Gasteiger partial charge in [0.15, 0.2) is 5.12 Å². The fourth-order valence-electron chi connectivity index (χ4n) is 2.90. The molecule has 0 radical (unpaired) electrons. The Morgan fingerprint density at radius 1 is 0.960 bits per heavy atom. The third-order valence-electron chi connectivity index (χ3n) is 4.82. The molecule has 0 saturated heterocycles. The summed E-state index contributed by atoms with van der Waals surface area (Å²) in [5, 5.41) is 10.3. The molecule has 0 spiro atoms. The second-order valence-electron chi connectivity index (χ2n) is 8.06. The molecular weight excluding hydrogens is 328 g/mol. The Morgan fingerprint density at radius 2 is 1.44 bits per heavy atom. The molecule has 1 aromatic carbocycles. The van der Waals surface area contributed by atoms with Gasteiger partial charge >= 0.3 is 0 Å². The van der Waals surface area contributed by atoms with Gasteiger partial charge in [0, 0.05) is 4.90 Å². The molecule has 0 bridgehead atoms. The van der Waals surface area contributed by atoms with Crippen molar-refractivity contribution in [2.24, 2.45) is 5.92 Å². The number of hydrogen-bond donors (Lipinski definition) is 1. The van der Waals surface area contributed by atoms with Gasteiger partial charge in [0.2, 0.25) is 0 Å². The van der Waals surface area contributed by atoms with Gasteiger partial charge in [0.1, 0.15) is 0 Å². The van der Waals surface area contributed by atoms with Crippen molar-refractivity contribution < 1.29 is 9.90 Å². The lowest BCUT2D eigenvalue weighted by Gasteiger charge is -2.23. The molecule has 2 nitrogen and oxygen atoms in total. The molecule has 1 N–H and O–H groups in total. The average molecular weight is 365 g/mol. The van der Waals surface area contributed by atoms with Crippen LogP contribution in [-0.4, -0.2) is 16.3 Å². The molecule has 0 aromatic heterocycles. The molecule has 1 aromatic rings. The number of thioether (sulfide) groups is 1. The third kappa shape index (κ3) is 5.86. The summed E-state index contributed by atoms with van der Waals surface area (Å²) in [4.78, 5) is 13.9. The van der Waals surface area contributed by atoms with Gasteiger partial charge < -0.3 is 5.11 Å². The Hall–Kier alpha value is -0.800. The van der Waals surface area contributed by atoms with Gasteiger partial charge in [-0.25, -0.2) is 0 Å². The summed E-state index contributed by atoms with van der Waals surface area (Å²) in [7, 11) is 0. The maximum Gasteiger partial charge on any atom is 0.199 e. The summed E-state index contributed by atoms with van der Waals surface area (Å²) in [6, 6.07) is 4.54. The molecule has 0 amide bonds. The van der Waals surface area contributed by atoms with E-state index in [1.807, 2.05) is 13.8 Å². The van der Waals surface area contributed by atoms with Gasteiger partial charge in [-0.1, -0.05) is 85.7 Å². The van der Waals surface area contributed by atoms with Crippen LogP contribution in [0.1, 0.15) is 103 Å². The van der Waals surface area contributed by atoms with Gasteiger partial charge in [-0.2, -0.15) is 0 Å². The van der Waals surface area contributed by atoms with Crippen LogP contribution in [0.15, 0.2) is 17.0 Å². The minimum absolute atomic E-state index is 0.0713. The molecule has 0 aliphatic rings. The van der Waals surface area contributed by atoms with E-state index in [2.05, 4.69) is 53.7 Å². The predicted octanol–water partition coefficient (Wildman–Crippen LogP) is 6.47. The summed E-state index contributed by atoms with van der Waals surface area (Å²) in [5.74, 6) is 0.856. The maximum atomic E-state index is 12.8. The van der Waals surface area contributed by atoms with Crippen LogP contribution < -0.4 is 0 Å². The lowest BCUT2D eigenvalue weighted by Crippen LogP contribution is -2.23. The van der Waals surface area contributed by atoms with Crippen molar-refractivity contribution in [2.75, 3.05) is 0 Å². The first-order chi connectivity index (χ1) is 11.6. The Bertz CT molecular complexity index is 546. The van der Waals surface area contributed by atoms with Crippen LogP contribution >= 0.6 is 11.8 Å². The fraction of sp³-hybridized carbons (Fsp3) is 0.682. The number of benzene rings is 1. The van der Waals surface area contributed by atoms with E-state index in [4.69, 9.17) is 0 Å². The molecule has 25 heavy (non-hydrogen) atoms. The molecule has 0 fully saturated rings. The fourth-order valence-corrected chi connectivity index (χ4v) is 4.27. The van der Waals surface area contributed by atoms with Gasteiger partial charge in [-0.3, -0.25) is 4.79 Å². The SMILES string of the molecule is CCC[C@H](O)[C@@H](C)C(=O)Sc1c(C(C)C)cc(C(C)C)cc1C(C)C. The molecule has 0 aliphatic carbocycles. The Balaban J connectivity index is 3.30. The first-order valence-corrected chi connectivity index (χ1v) is 10.5. The minimum Gasteiger partial charge on any atom is -0.392 e. The smallest absolute Gasteiger partial charge is 0.199 e. The summed E-state index contributed by atoms with van der Waals surface area (Å²) in [6.45, 7) is 17.1. The maximum absolute atomic E-state index is 12.8. The van der Waals surface area contributed by atoms with Crippen LogP contribution in [0, 0.1) is 5.92 Å². The highest BCUT2D eigenvalue weighted by molar-refractivity contribution is 8.13. The number of aliphatic hydroxyl groups excluding tert-OH is 1. The molecule has 1 rings (SSSR count). The Kier molecular flexibility index (Phi) is 8.70. The summed E-state index contributed by atoms with van der Waals surface area (Å²) >= 11 is 1.34. The lowest BCUT2D eigenvalue weighted by molar-refractivity contribution is -0.117. The largest absolute Gasteiger partial charge is 0.392 e. The molecule has 2 atom stereocenters. The van der Waals surface area contributed by atoms with Crippen LogP contribution in [0.25, 0.3) is 0 Å². The third-order valence-corrected chi connectivity index (χ3v) is 6.06. The Labute approximate surface area is 158 Å².